The van der Waals surface area contributed by atoms with Crippen LogP contribution in [0.3, 0.4) is 0 Å². The number of aliphatic carboxylic acids is 1. The van der Waals surface area contributed by atoms with E-state index in [4.69, 9.17) is 5.11 Å². The van der Waals surface area contributed by atoms with Crippen LogP contribution in [0.2, 0.25) is 0 Å². The summed E-state index contributed by atoms with van der Waals surface area (Å²) in [5, 5.41) is 12.9. The lowest BCUT2D eigenvalue weighted by Gasteiger charge is -2.33. The summed E-state index contributed by atoms with van der Waals surface area (Å²) in [5.74, 6) is -1.06. The van der Waals surface area contributed by atoms with E-state index in [1.807, 2.05) is 13.8 Å². The van der Waals surface area contributed by atoms with Gasteiger partial charge < -0.3 is 5.11 Å². The Kier molecular flexibility index (Phi) is 4.40. The highest BCUT2D eigenvalue weighted by Gasteiger charge is 2.32. The van der Waals surface area contributed by atoms with Crippen LogP contribution < -0.4 is 0 Å². The lowest BCUT2D eigenvalue weighted by atomic mass is 10.4. The fourth-order valence-corrected chi connectivity index (χ4v) is 5.27. The van der Waals surface area contributed by atoms with Crippen LogP contribution in [-0.4, -0.2) is 57.2 Å². The minimum Gasteiger partial charge on any atom is -0.480 e. The van der Waals surface area contributed by atoms with E-state index in [0.29, 0.717) is 13.1 Å². The van der Waals surface area contributed by atoms with E-state index in [9.17, 15) is 13.2 Å². The van der Waals surface area contributed by atoms with Crippen molar-refractivity contribution < 1.29 is 18.3 Å². The van der Waals surface area contributed by atoms with Crippen LogP contribution in [0.5, 0.6) is 0 Å². The second-order valence-electron chi connectivity index (χ2n) is 4.85. The molecular weight excluding hydrogens is 302 g/mol. The molecule has 1 N–H and O–H groups in total. The Morgan fingerprint density at radius 1 is 1.45 bits per heavy atom. The van der Waals surface area contributed by atoms with E-state index < -0.39 is 16.0 Å². The molecule has 7 nitrogen and oxygen atoms in total. The predicted molar refractivity (Wildman–Crippen MR) is 75.1 cm³/mol. The molecule has 0 aromatic carbocycles. The summed E-state index contributed by atoms with van der Waals surface area (Å²) in [6, 6.07) is 0. The first-order chi connectivity index (χ1) is 9.29. The SMILES string of the molecule is CC1CN(S(=O)(=O)c2cnn(CC(=O)O)c2)CC(C)S1. The quantitative estimate of drug-likeness (QED) is 0.868. The van der Waals surface area contributed by atoms with Crippen LogP contribution in [0.15, 0.2) is 17.3 Å². The Hall–Kier alpha value is -1.06. The predicted octanol–water partition coefficient (Wildman–Crippen LogP) is 0.482. The third kappa shape index (κ3) is 3.33. The van der Waals surface area contributed by atoms with Gasteiger partial charge in [-0.3, -0.25) is 9.48 Å². The molecule has 0 radical (unpaired) electrons. The molecule has 0 amide bonds. The van der Waals surface area contributed by atoms with Crippen LogP contribution in [0, 0.1) is 0 Å². The minimum atomic E-state index is -3.60. The maximum atomic E-state index is 12.5. The van der Waals surface area contributed by atoms with Crippen LogP contribution in [-0.2, 0) is 21.4 Å². The monoisotopic (exact) mass is 319 g/mol. The van der Waals surface area contributed by atoms with Gasteiger partial charge in [0.05, 0.1) is 6.20 Å². The average Bonchev–Trinajstić information content (AvgIpc) is 2.75. The summed E-state index contributed by atoms with van der Waals surface area (Å²) in [4.78, 5) is 10.6. The number of carboxylic acid groups (broad SMARTS) is 1. The summed E-state index contributed by atoms with van der Waals surface area (Å²) in [6.07, 6.45) is 2.47. The zero-order chi connectivity index (χ0) is 14.9. The molecule has 1 aromatic rings. The molecule has 2 rings (SSSR count). The number of rotatable bonds is 4. The highest BCUT2D eigenvalue weighted by atomic mass is 32.2. The van der Waals surface area contributed by atoms with E-state index in [2.05, 4.69) is 5.10 Å². The van der Waals surface area contributed by atoms with Crippen LogP contribution in [0.4, 0.5) is 0 Å². The van der Waals surface area contributed by atoms with Gasteiger partial charge in [-0.05, 0) is 0 Å². The fourth-order valence-electron chi connectivity index (χ4n) is 2.18. The van der Waals surface area contributed by atoms with E-state index in [1.165, 1.54) is 16.7 Å². The summed E-state index contributed by atoms with van der Waals surface area (Å²) in [6.45, 7) is 4.56. The number of hydrogen-bond acceptors (Lipinski definition) is 5. The molecule has 0 saturated carbocycles. The van der Waals surface area contributed by atoms with Crippen LogP contribution in [0.25, 0.3) is 0 Å². The van der Waals surface area contributed by atoms with E-state index in [0.717, 1.165) is 4.68 Å². The Morgan fingerprint density at radius 2 is 2.05 bits per heavy atom. The molecule has 20 heavy (non-hydrogen) atoms. The number of thioether (sulfide) groups is 1. The molecule has 1 aliphatic rings. The van der Waals surface area contributed by atoms with Crippen molar-refractivity contribution in [1.29, 1.82) is 0 Å². The summed E-state index contributed by atoms with van der Waals surface area (Å²) in [5.41, 5.74) is 0. The first-order valence-corrected chi connectivity index (χ1v) is 8.57. The number of hydrogen-bond donors (Lipinski definition) is 1. The van der Waals surface area contributed by atoms with Gasteiger partial charge in [0.15, 0.2) is 0 Å². The number of carbonyl (C=O) groups is 1. The van der Waals surface area contributed by atoms with E-state index in [-0.39, 0.29) is 21.9 Å². The normalized spacial score (nSPS) is 24.7. The lowest BCUT2D eigenvalue weighted by Crippen LogP contribution is -2.43. The van der Waals surface area contributed by atoms with Crippen molar-refractivity contribution in [3.05, 3.63) is 12.4 Å². The topological polar surface area (TPSA) is 92.5 Å². The molecule has 2 unspecified atom stereocenters. The Bertz CT molecular complexity index is 589. The second kappa shape index (κ2) is 5.74. The zero-order valence-corrected chi connectivity index (χ0v) is 12.9. The smallest absolute Gasteiger partial charge is 0.325 e. The standard InChI is InChI=1S/C11H17N3O4S2/c1-8-4-14(5-9(2)19-8)20(17,18)10-3-12-13(6-10)7-11(15)16/h3,6,8-9H,4-5,7H2,1-2H3,(H,15,16). The molecule has 112 valence electrons. The molecule has 1 aromatic heterocycles. The van der Waals surface area contributed by atoms with Crippen molar-refractivity contribution in [3.63, 3.8) is 0 Å². The Labute approximate surface area is 122 Å². The zero-order valence-electron chi connectivity index (χ0n) is 11.3. The van der Waals surface area contributed by atoms with Crippen LogP contribution in [0.1, 0.15) is 13.8 Å². The number of nitrogens with zero attached hydrogens (tertiary/aromatic N) is 3. The minimum absolute atomic E-state index is 0.0463. The van der Waals surface area contributed by atoms with E-state index in [1.54, 1.807) is 11.8 Å². The highest BCUT2D eigenvalue weighted by molar-refractivity contribution is 8.00. The van der Waals surface area contributed by atoms with Gasteiger partial charge in [-0.15, -0.1) is 0 Å². The molecule has 9 heteroatoms. The third-order valence-electron chi connectivity index (χ3n) is 2.93. The first kappa shape index (κ1) is 15.3. The third-order valence-corrected chi connectivity index (χ3v) is 5.94. The largest absolute Gasteiger partial charge is 0.480 e. The first-order valence-electron chi connectivity index (χ1n) is 6.19. The molecule has 1 saturated heterocycles. The van der Waals surface area contributed by atoms with Gasteiger partial charge in [-0.25, -0.2) is 8.42 Å². The molecule has 0 spiro atoms. The van der Waals surface area contributed by atoms with Crippen LogP contribution >= 0.6 is 11.8 Å². The van der Waals surface area contributed by atoms with Crippen molar-refractivity contribution in [2.45, 2.75) is 35.8 Å². The molecule has 1 aliphatic heterocycles. The summed E-state index contributed by atoms with van der Waals surface area (Å²) in [7, 11) is -3.60. The van der Waals surface area contributed by atoms with Gasteiger partial charge in [-0.2, -0.15) is 21.2 Å². The van der Waals surface area contributed by atoms with Crippen molar-refractivity contribution in [1.82, 2.24) is 14.1 Å². The molecule has 0 bridgehead atoms. The maximum absolute atomic E-state index is 12.5. The summed E-state index contributed by atoms with van der Waals surface area (Å²) >= 11 is 1.77. The number of carboxylic acids is 1. The van der Waals surface area contributed by atoms with Gasteiger partial charge in [0.1, 0.15) is 11.4 Å². The number of sulfonamides is 1. The Balaban J connectivity index is 2.21. The van der Waals surface area contributed by atoms with Crippen molar-refractivity contribution in [2.24, 2.45) is 0 Å². The number of aromatic nitrogens is 2. The molecule has 1 fully saturated rings. The lowest BCUT2D eigenvalue weighted by molar-refractivity contribution is -0.137. The highest BCUT2D eigenvalue weighted by Crippen LogP contribution is 2.28. The van der Waals surface area contributed by atoms with Crippen molar-refractivity contribution in [3.8, 4) is 0 Å². The Morgan fingerprint density at radius 3 is 2.60 bits per heavy atom. The van der Waals surface area contributed by atoms with Gasteiger partial charge in [-0.1, -0.05) is 13.8 Å². The van der Waals surface area contributed by atoms with Crippen molar-refractivity contribution in [2.75, 3.05) is 13.1 Å². The molecule has 2 heterocycles. The van der Waals surface area contributed by atoms with Gasteiger partial charge >= 0.3 is 5.97 Å². The van der Waals surface area contributed by atoms with Gasteiger partial charge in [0, 0.05) is 29.8 Å². The second-order valence-corrected chi connectivity index (χ2v) is 8.67. The average molecular weight is 319 g/mol. The van der Waals surface area contributed by atoms with Crippen molar-refractivity contribution >= 4 is 27.8 Å². The molecule has 2 atom stereocenters. The molecular formula is C11H17N3O4S2. The fraction of sp³-hybridized carbons (Fsp3) is 0.636. The van der Waals surface area contributed by atoms with Gasteiger partial charge in [0.2, 0.25) is 10.0 Å². The molecule has 0 aliphatic carbocycles. The van der Waals surface area contributed by atoms with E-state index >= 15 is 0 Å². The summed E-state index contributed by atoms with van der Waals surface area (Å²) < 4.78 is 27.5. The van der Waals surface area contributed by atoms with Gasteiger partial charge in [0.25, 0.3) is 0 Å². The maximum Gasteiger partial charge on any atom is 0.325 e.